The molecule has 1 atom stereocenters. The highest BCUT2D eigenvalue weighted by molar-refractivity contribution is 8.00. The number of amides is 1. The Morgan fingerprint density at radius 2 is 2.10 bits per heavy atom. The third-order valence-corrected chi connectivity index (χ3v) is 4.60. The monoisotopic (exact) mass is 285 g/mol. The number of benzene rings is 1. The molecule has 2 heterocycles. The maximum absolute atomic E-state index is 12.3. The van der Waals surface area contributed by atoms with Gasteiger partial charge in [-0.15, -0.1) is 0 Å². The first-order chi connectivity index (χ1) is 9.74. The molecular weight excluding hydrogens is 270 g/mol. The number of nitrogens with zero attached hydrogens (tertiary/aromatic N) is 1. The molecule has 1 aromatic carbocycles. The first-order valence-electron chi connectivity index (χ1n) is 6.50. The molecule has 0 spiro atoms. The van der Waals surface area contributed by atoms with E-state index in [0.717, 1.165) is 23.6 Å². The van der Waals surface area contributed by atoms with Crippen molar-refractivity contribution in [3.05, 3.63) is 48.2 Å². The van der Waals surface area contributed by atoms with Crippen LogP contribution < -0.4 is 11.1 Å². The highest BCUT2D eigenvalue weighted by Gasteiger charge is 2.25. The molecule has 102 valence electrons. The number of nitrogen functional groups attached to an aromatic ring is 1. The molecule has 1 aromatic heterocycles. The van der Waals surface area contributed by atoms with E-state index in [1.54, 1.807) is 18.3 Å². The molecule has 5 heteroatoms. The maximum atomic E-state index is 12.3. The van der Waals surface area contributed by atoms with Crippen LogP contribution in [-0.4, -0.2) is 16.1 Å². The van der Waals surface area contributed by atoms with Crippen molar-refractivity contribution >= 4 is 29.0 Å². The minimum atomic E-state index is -0.167. The number of hydrogen-bond donors (Lipinski definition) is 2. The first kappa shape index (κ1) is 13.0. The van der Waals surface area contributed by atoms with E-state index in [4.69, 9.17) is 5.73 Å². The van der Waals surface area contributed by atoms with E-state index in [0.29, 0.717) is 5.69 Å². The van der Waals surface area contributed by atoms with Gasteiger partial charge in [0.15, 0.2) is 0 Å². The van der Waals surface area contributed by atoms with Gasteiger partial charge in [0.25, 0.3) is 0 Å². The van der Waals surface area contributed by atoms with Gasteiger partial charge in [-0.1, -0.05) is 30.0 Å². The van der Waals surface area contributed by atoms with E-state index in [2.05, 4.69) is 16.4 Å². The lowest BCUT2D eigenvalue weighted by molar-refractivity contribution is -0.115. The number of anilines is 2. The summed E-state index contributed by atoms with van der Waals surface area (Å²) in [6, 6.07) is 11.5. The van der Waals surface area contributed by atoms with Crippen LogP contribution in [0.3, 0.4) is 0 Å². The summed E-state index contributed by atoms with van der Waals surface area (Å²) in [4.78, 5) is 16.5. The van der Waals surface area contributed by atoms with Gasteiger partial charge < -0.3 is 11.1 Å². The zero-order chi connectivity index (χ0) is 13.9. The van der Waals surface area contributed by atoms with Gasteiger partial charge in [0, 0.05) is 11.9 Å². The maximum Gasteiger partial charge on any atom is 0.237 e. The topological polar surface area (TPSA) is 68.0 Å². The quantitative estimate of drug-likeness (QED) is 0.890. The number of rotatable bonds is 2. The summed E-state index contributed by atoms with van der Waals surface area (Å²) in [7, 11) is 0. The SMILES string of the molecule is Nc1cccnc1SC1CCc2ccccc2NC1=O. The zero-order valence-corrected chi connectivity index (χ0v) is 11.7. The molecule has 2 aromatic rings. The van der Waals surface area contributed by atoms with Crippen molar-refractivity contribution in [3.63, 3.8) is 0 Å². The molecule has 0 bridgehead atoms. The summed E-state index contributed by atoms with van der Waals surface area (Å²) in [6.07, 6.45) is 3.35. The lowest BCUT2D eigenvalue weighted by Gasteiger charge is -2.13. The third kappa shape index (κ3) is 2.63. The number of thioether (sulfide) groups is 1. The number of fused-ring (bicyclic) bond motifs is 1. The van der Waals surface area contributed by atoms with Gasteiger partial charge in [0.05, 0.1) is 10.9 Å². The van der Waals surface area contributed by atoms with E-state index in [9.17, 15) is 4.79 Å². The average Bonchev–Trinajstić information content (AvgIpc) is 2.61. The highest BCUT2D eigenvalue weighted by atomic mass is 32.2. The number of carbonyl (C=O) groups is 1. The fourth-order valence-electron chi connectivity index (χ4n) is 2.24. The smallest absolute Gasteiger partial charge is 0.237 e. The predicted octanol–water partition coefficient (Wildman–Crippen LogP) is 2.71. The van der Waals surface area contributed by atoms with E-state index >= 15 is 0 Å². The number of aryl methyl sites for hydroxylation is 1. The Morgan fingerprint density at radius 3 is 2.95 bits per heavy atom. The van der Waals surface area contributed by atoms with E-state index < -0.39 is 0 Å². The summed E-state index contributed by atoms with van der Waals surface area (Å²) in [5.74, 6) is 0.0185. The van der Waals surface area contributed by atoms with Crippen molar-refractivity contribution in [3.8, 4) is 0 Å². The minimum Gasteiger partial charge on any atom is -0.397 e. The fourth-order valence-corrected chi connectivity index (χ4v) is 3.24. The van der Waals surface area contributed by atoms with Crippen LogP contribution in [0.1, 0.15) is 12.0 Å². The molecule has 1 aliphatic rings. The summed E-state index contributed by atoms with van der Waals surface area (Å²) in [5, 5.41) is 3.54. The molecule has 0 fully saturated rings. The van der Waals surface area contributed by atoms with E-state index in [1.165, 1.54) is 17.3 Å². The predicted molar refractivity (Wildman–Crippen MR) is 81.7 cm³/mol. The standard InChI is InChI=1S/C15H15N3OS/c16-11-5-3-9-17-15(11)20-13-8-7-10-4-1-2-6-12(10)18-14(13)19/h1-6,9,13H,7-8,16H2,(H,18,19). The van der Waals surface area contributed by atoms with Gasteiger partial charge in [-0.05, 0) is 36.6 Å². The Morgan fingerprint density at radius 1 is 1.25 bits per heavy atom. The van der Waals surface area contributed by atoms with Gasteiger partial charge in [0.1, 0.15) is 5.03 Å². The van der Waals surface area contributed by atoms with Gasteiger partial charge in [-0.2, -0.15) is 0 Å². The van der Waals surface area contributed by atoms with Gasteiger partial charge in [0.2, 0.25) is 5.91 Å². The highest BCUT2D eigenvalue weighted by Crippen LogP contribution is 2.32. The third-order valence-electron chi connectivity index (χ3n) is 3.30. The van der Waals surface area contributed by atoms with Crippen molar-refractivity contribution in [2.75, 3.05) is 11.1 Å². The number of para-hydroxylation sites is 1. The molecule has 4 nitrogen and oxygen atoms in total. The number of carbonyl (C=O) groups excluding carboxylic acids is 1. The van der Waals surface area contributed by atoms with Crippen LogP contribution in [0, 0.1) is 0 Å². The summed E-state index contributed by atoms with van der Waals surface area (Å²) >= 11 is 1.44. The second kappa shape index (κ2) is 5.54. The molecule has 3 N–H and O–H groups in total. The Balaban J connectivity index is 1.80. The minimum absolute atomic E-state index is 0.0185. The Hall–Kier alpha value is -2.01. The molecule has 3 rings (SSSR count). The number of pyridine rings is 1. The molecule has 0 saturated heterocycles. The van der Waals surface area contributed by atoms with Gasteiger partial charge >= 0.3 is 0 Å². The Bertz CT molecular complexity index is 645. The van der Waals surface area contributed by atoms with Crippen LogP contribution in [0.5, 0.6) is 0 Å². The molecule has 1 aliphatic heterocycles. The molecule has 1 amide bonds. The number of nitrogens with two attached hydrogens (primary N) is 1. The van der Waals surface area contributed by atoms with Crippen molar-refractivity contribution in [2.45, 2.75) is 23.1 Å². The lowest BCUT2D eigenvalue weighted by Crippen LogP contribution is -2.23. The molecule has 1 unspecified atom stereocenters. The normalized spacial score (nSPS) is 18.0. The fraction of sp³-hybridized carbons (Fsp3) is 0.200. The molecule has 0 saturated carbocycles. The van der Waals surface area contributed by atoms with E-state index in [1.807, 2.05) is 18.2 Å². The largest absolute Gasteiger partial charge is 0.397 e. The summed E-state index contributed by atoms with van der Waals surface area (Å²) < 4.78 is 0. The van der Waals surface area contributed by atoms with Gasteiger partial charge in [-0.25, -0.2) is 4.98 Å². The Labute approximate surface area is 121 Å². The Kier molecular flexibility index (Phi) is 3.60. The second-order valence-electron chi connectivity index (χ2n) is 4.69. The molecule has 0 aliphatic carbocycles. The molecule has 0 radical (unpaired) electrons. The summed E-state index contributed by atoms with van der Waals surface area (Å²) in [5.41, 5.74) is 8.60. The summed E-state index contributed by atoms with van der Waals surface area (Å²) in [6.45, 7) is 0. The van der Waals surface area contributed by atoms with Crippen LogP contribution >= 0.6 is 11.8 Å². The van der Waals surface area contributed by atoms with Crippen LogP contribution in [-0.2, 0) is 11.2 Å². The first-order valence-corrected chi connectivity index (χ1v) is 7.38. The van der Waals surface area contributed by atoms with Crippen LogP contribution in [0.4, 0.5) is 11.4 Å². The van der Waals surface area contributed by atoms with E-state index in [-0.39, 0.29) is 11.2 Å². The van der Waals surface area contributed by atoms with Crippen LogP contribution in [0.2, 0.25) is 0 Å². The number of nitrogens with one attached hydrogen (secondary N) is 1. The number of aromatic nitrogens is 1. The van der Waals surface area contributed by atoms with Crippen LogP contribution in [0.15, 0.2) is 47.6 Å². The van der Waals surface area contributed by atoms with Crippen molar-refractivity contribution in [1.29, 1.82) is 0 Å². The zero-order valence-electron chi connectivity index (χ0n) is 10.9. The van der Waals surface area contributed by atoms with Crippen LogP contribution in [0.25, 0.3) is 0 Å². The average molecular weight is 285 g/mol. The van der Waals surface area contributed by atoms with Crippen molar-refractivity contribution < 1.29 is 4.79 Å². The number of hydrogen-bond acceptors (Lipinski definition) is 4. The molecular formula is C15H15N3OS. The van der Waals surface area contributed by atoms with Gasteiger partial charge in [-0.3, -0.25) is 4.79 Å². The van der Waals surface area contributed by atoms with Crippen molar-refractivity contribution in [1.82, 2.24) is 4.98 Å². The molecule has 20 heavy (non-hydrogen) atoms. The van der Waals surface area contributed by atoms with Crippen molar-refractivity contribution in [2.24, 2.45) is 0 Å². The lowest BCUT2D eigenvalue weighted by atomic mass is 10.1. The second-order valence-corrected chi connectivity index (χ2v) is 5.88.